The third-order valence-corrected chi connectivity index (χ3v) is 10.3. The van der Waals surface area contributed by atoms with Crippen molar-refractivity contribution in [2.45, 2.75) is 6.54 Å². The van der Waals surface area contributed by atoms with Crippen LogP contribution in [0.15, 0.2) is 158 Å². The number of anilines is 3. The van der Waals surface area contributed by atoms with E-state index >= 15 is 0 Å². The van der Waals surface area contributed by atoms with Gasteiger partial charge >= 0.3 is 0 Å². The predicted molar refractivity (Wildman–Crippen MR) is 198 cm³/mol. The molecule has 218 valence electrons. The van der Waals surface area contributed by atoms with E-state index in [2.05, 4.69) is 174 Å². The molecule has 2 heterocycles. The van der Waals surface area contributed by atoms with Gasteiger partial charge in [0.05, 0.1) is 0 Å². The lowest BCUT2D eigenvalue weighted by atomic mass is 10.00. The SMILES string of the molecule is C1=Cc2c(sc3ccc(N(c4ccc(-c5ccc6ccccc6c5)cc4)c4ccc(-c5ccc6ccccc6c5)cc4)cc23)CN1. The van der Waals surface area contributed by atoms with Gasteiger partial charge in [-0.25, -0.2) is 0 Å². The predicted octanol–water partition coefficient (Wildman–Crippen LogP) is 12.1. The summed E-state index contributed by atoms with van der Waals surface area (Å²) in [5.41, 5.74) is 9.61. The minimum absolute atomic E-state index is 0.886. The van der Waals surface area contributed by atoms with E-state index in [0.29, 0.717) is 0 Å². The molecule has 0 bridgehead atoms. The first-order chi connectivity index (χ1) is 22.8. The van der Waals surface area contributed by atoms with Gasteiger partial charge in [-0.3, -0.25) is 0 Å². The summed E-state index contributed by atoms with van der Waals surface area (Å²) in [5, 5.41) is 9.71. The molecule has 3 heteroatoms. The molecule has 9 rings (SSSR count). The number of benzene rings is 7. The van der Waals surface area contributed by atoms with E-state index in [0.717, 1.165) is 23.6 Å². The van der Waals surface area contributed by atoms with Crippen LogP contribution in [-0.2, 0) is 6.54 Å². The Morgan fingerprint density at radius 3 is 1.59 bits per heavy atom. The maximum absolute atomic E-state index is 3.37. The lowest BCUT2D eigenvalue weighted by Gasteiger charge is -2.26. The molecule has 0 unspecified atom stereocenters. The van der Waals surface area contributed by atoms with E-state index < -0.39 is 0 Å². The highest BCUT2D eigenvalue weighted by molar-refractivity contribution is 7.19. The fourth-order valence-electron chi connectivity index (χ4n) is 6.69. The van der Waals surface area contributed by atoms with Crippen molar-refractivity contribution in [2.75, 3.05) is 4.90 Å². The van der Waals surface area contributed by atoms with Gasteiger partial charge in [-0.05, 0) is 116 Å². The fourth-order valence-corrected chi connectivity index (χ4v) is 7.82. The van der Waals surface area contributed by atoms with Gasteiger partial charge in [-0.15, -0.1) is 11.3 Å². The highest BCUT2D eigenvalue weighted by Crippen LogP contribution is 2.41. The second-order valence-electron chi connectivity index (χ2n) is 11.9. The minimum Gasteiger partial charge on any atom is -0.386 e. The van der Waals surface area contributed by atoms with Crippen LogP contribution < -0.4 is 10.2 Å². The van der Waals surface area contributed by atoms with Crippen LogP contribution in [0.2, 0.25) is 0 Å². The number of hydrogen-bond acceptors (Lipinski definition) is 3. The number of nitrogens with one attached hydrogen (secondary N) is 1. The second kappa shape index (κ2) is 11.1. The highest BCUT2D eigenvalue weighted by atomic mass is 32.1. The molecule has 0 atom stereocenters. The molecule has 1 aromatic heterocycles. The summed E-state index contributed by atoms with van der Waals surface area (Å²) in [6, 6.07) is 55.4. The van der Waals surface area contributed by atoms with Crippen molar-refractivity contribution >= 4 is 66.1 Å². The van der Waals surface area contributed by atoms with Crippen molar-refractivity contribution in [3.8, 4) is 22.3 Å². The lowest BCUT2D eigenvalue weighted by molar-refractivity contribution is 0.878. The molecule has 0 radical (unpaired) electrons. The van der Waals surface area contributed by atoms with Gasteiger partial charge in [-0.1, -0.05) is 97.1 Å². The fraction of sp³-hybridized carbons (Fsp3) is 0.0233. The van der Waals surface area contributed by atoms with Gasteiger partial charge < -0.3 is 10.2 Å². The topological polar surface area (TPSA) is 15.3 Å². The largest absolute Gasteiger partial charge is 0.386 e. The van der Waals surface area contributed by atoms with Gasteiger partial charge in [0.2, 0.25) is 0 Å². The van der Waals surface area contributed by atoms with E-state index in [1.165, 1.54) is 64.3 Å². The van der Waals surface area contributed by atoms with Crippen molar-refractivity contribution in [3.63, 3.8) is 0 Å². The Kier molecular flexibility index (Phi) is 6.43. The molecular weight excluding hydrogens is 577 g/mol. The summed E-state index contributed by atoms with van der Waals surface area (Å²) in [4.78, 5) is 3.77. The van der Waals surface area contributed by atoms with Crippen molar-refractivity contribution in [3.05, 3.63) is 168 Å². The van der Waals surface area contributed by atoms with Gasteiger partial charge in [0.15, 0.2) is 0 Å². The molecule has 0 aliphatic carbocycles. The van der Waals surface area contributed by atoms with E-state index in [1.54, 1.807) is 0 Å². The Balaban J connectivity index is 1.13. The molecule has 0 saturated carbocycles. The molecule has 0 fully saturated rings. The van der Waals surface area contributed by atoms with Crippen molar-refractivity contribution in [1.82, 2.24) is 5.32 Å². The number of nitrogens with zero attached hydrogens (tertiary/aromatic N) is 1. The monoisotopic (exact) mass is 606 g/mol. The molecule has 1 aliphatic rings. The average molecular weight is 607 g/mol. The van der Waals surface area contributed by atoms with Crippen LogP contribution in [0, 0.1) is 0 Å². The summed E-state index contributed by atoms with van der Waals surface area (Å²) in [6.45, 7) is 0.886. The zero-order valence-electron chi connectivity index (χ0n) is 25.2. The smallest absolute Gasteiger partial charge is 0.0495 e. The number of hydrogen-bond donors (Lipinski definition) is 1. The minimum atomic E-state index is 0.886. The number of rotatable bonds is 5. The van der Waals surface area contributed by atoms with E-state index in [-0.39, 0.29) is 0 Å². The van der Waals surface area contributed by atoms with Crippen LogP contribution in [0.25, 0.3) is 60.0 Å². The van der Waals surface area contributed by atoms with Crippen LogP contribution in [-0.4, -0.2) is 0 Å². The number of fused-ring (bicyclic) bond motifs is 5. The van der Waals surface area contributed by atoms with Crippen molar-refractivity contribution in [1.29, 1.82) is 0 Å². The Hall–Kier alpha value is -5.64. The molecule has 0 saturated heterocycles. The zero-order chi connectivity index (χ0) is 30.5. The third-order valence-electron chi connectivity index (χ3n) is 9.09. The maximum atomic E-state index is 3.37. The van der Waals surface area contributed by atoms with Crippen molar-refractivity contribution < 1.29 is 0 Å². The molecule has 46 heavy (non-hydrogen) atoms. The van der Waals surface area contributed by atoms with Gasteiger partial charge in [0, 0.05) is 38.6 Å². The second-order valence-corrected chi connectivity index (χ2v) is 13.0. The quantitative estimate of drug-likeness (QED) is 0.210. The van der Waals surface area contributed by atoms with Gasteiger partial charge in [0.25, 0.3) is 0 Å². The third kappa shape index (κ3) is 4.73. The summed E-state index contributed by atoms with van der Waals surface area (Å²) < 4.78 is 1.32. The molecule has 0 spiro atoms. The summed E-state index contributed by atoms with van der Waals surface area (Å²) in [5.74, 6) is 0. The Morgan fingerprint density at radius 1 is 0.478 bits per heavy atom. The zero-order valence-corrected chi connectivity index (χ0v) is 26.0. The van der Waals surface area contributed by atoms with Crippen LogP contribution in [0.3, 0.4) is 0 Å². The van der Waals surface area contributed by atoms with Crippen molar-refractivity contribution in [2.24, 2.45) is 0 Å². The van der Waals surface area contributed by atoms with Crippen LogP contribution in [0.1, 0.15) is 10.4 Å². The summed E-state index contributed by atoms with van der Waals surface area (Å²) in [7, 11) is 0. The Labute approximate surface area is 272 Å². The normalized spacial score (nSPS) is 12.3. The van der Waals surface area contributed by atoms with Crippen LogP contribution >= 0.6 is 11.3 Å². The van der Waals surface area contributed by atoms with Crippen LogP contribution in [0.4, 0.5) is 17.1 Å². The lowest BCUT2D eigenvalue weighted by Crippen LogP contribution is -2.10. The first-order valence-electron chi connectivity index (χ1n) is 15.7. The Bertz CT molecular complexity index is 2290. The molecule has 8 aromatic rings. The number of thiophene rings is 1. The average Bonchev–Trinajstić information content (AvgIpc) is 3.50. The molecule has 7 aromatic carbocycles. The first kappa shape index (κ1) is 26.7. The van der Waals surface area contributed by atoms with Gasteiger partial charge in [0.1, 0.15) is 0 Å². The van der Waals surface area contributed by atoms with E-state index in [9.17, 15) is 0 Å². The van der Waals surface area contributed by atoms with E-state index in [4.69, 9.17) is 0 Å². The standard InChI is InChI=1S/C43H30N2S/c1-3-7-33-25-35(11-9-29(33)5-1)31-13-17-37(18-14-31)45(39-21-22-42-41(27-39)40-23-24-44-28-43(40)46-42)38-19-15-32(16-20-38)36-12-10-30-6-2-4-8-34(30)26-36/h1-27,44H,28H2. The Morgan fingerprint density at radius 2 is 1.00 bits per heavy atom. The maximum Gasteiger partial charge on any atom is 0.0495 e. The molecule has 1 aliphatic heterocycles. The molecule has 2 nitrogen and oxygen atoms in total. The summed E-state index contributed by atoms with van der Waals surface area (Å²) in [6.07, 6.45) is 4.28. The van der Waals surface area contributed by atoms with E-state index in [1.807, 2.05) is 11.3 Å². The highest BCUT2D eigenvalue weighted by Gasteiger charge is 2.18. The summed E-state index contributed by atoms with van der Waals surface area (Å²) >= 11 is 1.88. The molecular formula is C43H30N2S. The van der Waals surface area contributed by atoms with Gasteiger partial charge in [-0.2, -0.15) is 0 Å². The molecule has 0 amide bonds. The van der Waals surface area contributed by atoms with Crippen LogP contribution in [0.5, 0.6) is 0 Å². The first-order valence-corrected chi connectivity index (χ1v) is 16.5. The molecule has 1 N–H and O–H groups in total.